The molecule has 122 valence electrons. The Morgan fingerprint density at radius 2 is 2.30 bits per heavy atom. The summed E-state index contributed by atoms with van der Waals surface area (Å²) in [5.74, 6) is 0.937. The maximum atomic E-state index is 11.2. The minimum Gasteiger partial charge on any atom is -0.487 e. The van der Waals surface area contributed by atoms with E-state index in [1.807, 2.05) is 13.8 Å². The number of benzene rings is 1. The van der Waals surface area contributed by atoms with Crippen molar-refractivity contribution in [2.24, 2.45) is 5.10 Å². The van der Waals surface area contributed by atoms with Gasteiger partial charge in [0.1, 0.15) is 0 Å². The van der Waals surface area contributed by atoms with E-state index >= 15 is 0 Å². The van der Waals surface area contributed by atoms with Gasteiger partial charge in [0.15, 0.2) is 11.6 Å². The van der Waals surface area contributed by atoms with E-state index in [0.717, 1.165) is 6.42 Å². The highest BCUT2D eigenvalue weighted by Crippen LogP contribution is 2.27. The molecule has 0 saturated heterocycles. The molecule has 0 aliphatic carbocycles. The van der Waals surface area contributed by atoms with Crippen molar-refractivity contribution in [1.82, 2.24) is 14.9 Å². The van der Waals surface area contributed by atoms with Crippen LogP contribution in [-0.4, -0.2) is 32.6 Å². The highest BCUT2D eigenvalue weighted by atomic mass is 32.1. The summed E-state index contributed by atoms with van der Waals surface area (Å²) < 4.78 is 7.25. The molecule has 0 saturated carbocycles. The zero-order valence-electron chi connectivity index (χ0n) is 12.9. The second-order valence-corrected chi connectivity index (χ2v) is 5.07. The highest BCUT2D eigenvalue weighted by molar-refractivity contribution is 7.71. The lowest BCUT2D eigenvalue weighted by Gasteiger charge is -2.05. The van der Waals surface area contributed by atoms with Gasteiger partial charge in [-0.25, -0.2) is 0 Å². The molecule has 23 heavy (non-hydrogen) atoms. The lowest BCUT2D eigenvalue weighted by atomic mass is 10.2. The molecule has 9 heteroatoms. The van der Waals surface area contributed by atoms with Crippen molar-refractivity contribution in [1.29, 1.82) is 0 Å². The Bertz CT molecular complexity index is 781. The quantitative estimate of drug-likeness (QED) is 0.363. The third-order valence-corrected chi connectivity index (χ3v) is 3.26. The topological polar surface area (TPSA) is 98.3 Å². The van der Waals surface area contributed by atoms with E-state index < -0.39 is 4.92 Å². The van der Waals surface area contributed by atoms with E-state index in [2.05, 4.69) is 15.3 Å². The molecule has 0 atom stereocenters. The number of nitro groups is 1. The number of nitrogens with zero attached hydrogens (tertiary/aromatic N) is 4. The minimum absolute atomic E-state index is 0.0890. The number of nitro benzene ring substituents is 1. The number of aromatic amines is 1. The number of rotatable bonds is 7. The van der Waals surface area contributed by atoms with Gasteiger partial charge in [-0.3, -0.25) is 15.2 Å². The van der Waals surface area contributed by atoms with Crippen LogP contribution < -0.4 is 4.74 Å². The average molecular weight is 335 g/mol. The van der Waals surface area contributed by atoms with Crippen molar-refractivity contribution in [2.45, 2.75) is 26.7 Å². The fraction of sp³-hybridized carbons (Fsp3) is 0.357. The fourth-order valence-corrected chi connectivity index (χ4v) is 2.09. The van der Waals surface area contributed by atoms with E-state index in [1.54, 1.807) is 12.1 Å². The van der Waals surface area contributed by atoms with Gasteiger partial charge in [-0.1, -0.05) is 13.8 Å². The lowest BCUT2D eigenvalue weighted by molar-refractivity contribution is -0.385. The fourth-order valence-electron chi connectivity index (χ4n) is 1.89. The van der Waals surface area contributed by atoms with Gasteiger partial charge in [-0.05, 0) is 30.8 Å². The lowest BCUT2D eigenvalue weighted by Crippen LogP contribution is -2.01. The Morgan fingerprint density at radius 3 is 2.96 bits per heavy atom. The predicted molar refractivity (Wildman–Crippen MR) is 88.7 cm³/mol. The van der Waals surface area contributed by atoms with Crippen LogP contribution in [0.2, 0.25) is 0 Å². The number of H-pyrrole nitrogens is 1. The summed E-state index contributed by atoms with van der Waals surface area (Å²) in [5, 5.41) is 22.1. The normalized spacial score (nSPS) is 11.0. The van der Waals surface area contributed by atoms with Gasteiger partial charge in [0, 0.05) is 18.1 Å². The van der Waals surface area contributed by atoms with E-state index in [4.69, 9.17) is 17.0 Å². The van der Waals surface area contributed by atoms with Gasteiger partial charge < -0.3 is 4.74 Å². The molecule has 1 aromatic heterocycles. The summed E-state index contributed by atoms with van der Waals surface area (Å²) in [5.41, 5.74) is 0.486. The molecule has 2 rings (SSSR count). The molecular weight excluding hydrogens is 318 g/mol. The molecule has 0 fully saturated rings. The zero-order chi connectivity index (χ0) is 16.8. The van der Waals surface area contributed by atoms with Crippen molar-refractivity contribution in [3.05, 3.63) is 44.5 Å². The summed E-state index contributed by atoms with van der Waals surface area (Å²) in [6.07, 6.45) is 2.94. The van der Waals surface area contributed by atoms with E-state index in [0.29, 0.717) is 29.2 Å². The molecule has 1 heterocycles. The first-order valence-corrected chi connectivity index (χ1v) is 7.59. The second-order valence-electron chi connectivity index (χ2n) is 4.69. The van der Waals surface area contributed by atoms with Crippen LogP contribution >= 0.6 is 12.2 Å². The Hall–Kier alpha value is -2.55. The van der Waals surface area contributed by atoms with Crippen molar-refractivity contribution < 1.29 is 9.66 Å². The molecule has 1 N–H and O–H groups in total. The summed E-state index contributed by atoms with van der Waals surface area (Å²) in [7, 11) is 0. The summed E-state index contributed by atoms with van der Waals surface area (Å²) in [6, 6.07) is 4.70. The number of hydrogen-bond donors (Lipinski definition) is 1. The molecule has 0 unspecified atom stereocenters. The van der Waals surface area contributed by atoms with Crippen LogP contribution in [0.15, 0.2) is 23.3 Å². The monoisotopic (exact) mass is 335 g/mol. The summed E-state index contributed by atoms with van der Waals surface area (Å²) >= 11 is 5.09. The van der Waals surface area contributed by atoms with Crippen LogP contribution in [0, 0.1) is 14.9 Å². The van der Waals surface area contributed by atoms with Gasteiger partial charge in [0.2, 0.25) is 4.77 Å². The first kappa shape index (κ1) is 16.8. The second kappa shape index (κ2) is 7.63. The Labute approximate surface area is 137 Å². The Kier molecular flexibility index (Phi) is 5.58. The van der Waals surface area contributed by atoms with Crippen molar-refractivity contribution >= 4 is 24.1 Å². The van der Waals surface area contributed by atoms with E-state index in [9.17, 15) is 10.1 Å². The number of aromatic nitrogens is 3. The molecule has 0 radical (unpaired) electrons. The van der Waals surface area contributed by atoms with Crippen LogP contribution in [0.4, 0.5) is 5.69 Å². The third-order valence-electron chi connectivity index (χ3n) is 3.00. The number of nitrogens with one attached hydrogen (secondary N) is 1. The van der Waals surface area contributed by atoms with Gasteiger partial charge >= 0.3 is 5.69 Å². The Morgan fingerprint density at radius 1 is 1.52 bits per heavy atom. The smallest absolute Gasteiger partial charge is 0.311 e. The summed E-state index contributed by atoms with van der Waals surface area (Å²) in [6.45, 7) is 4.30. The zero-order valence-corrected chi connectivity index (χ0v) is 13.7. The van der Waals surface area contributed by atoms with Gasteiger partial charge in [0.25, 0.3) is 0 Å². The number of hydrogen-bond acceptors (Lipinski definition) is 6. The highest BCUT2D eigenvalue weighted by Gasteiger charge is 2.15. The number of ether oxygens (including phenoxy) is 1. The molecule has 0 aliphatic heterocycles. The van der Waals surface area contributed by atoms with Gasteiger partial charge in [0.05, 0.1) is 17.7 Å². The molecule has 0 amide bonds. The van der Waals surface area contributed by atoms with Crippen molar-refractivity contribution in [3.63, 3.8) is 0 Å². The first-order chi connectivity index (χ1) is 11.1. The maximum Gasteiger partial charge on any atom is 0.311 e. The van der Waals surface area contributed by atoms with Crippen LogP contribution in [0.25, 0.3) is 0 Å². The van der Waals surface area contributed by atoms with Crippen LogP contribution in [-0.2, 0) is 6.42 Å². The Balaban J connectivity index is 2.31. The maximum absolute atomic E-state index is 11.2. The molecule has 1 aromatic carbocycles. The predicted octanol–water partition coefficient (Wildman–Crippen LogP) is 3.08. The van der Waals surface area contributed by atoms with Crippen molar-refractivity contribution in [3.8, 4) is 5.75 Å². The average Bonchev–Trinajstić information content (AvgIpc) is 2.91. The van der Waals surface area contributed by atoms with Crippen molar-refractivity contribution in [2.75, 3.05) is 6.61 Å². The molecule has 0 spiro atoms. The third kappa shape index (κ3) is 4.01. The van der Waals surface area contributed by atoms with Crippen LogP contribution in [0.3, 0.4) is 0 Å². The number of aryl methyl sites for hydroxylation is 1. The van der Waals surface area contributed by atoms with E-state index in [-0.39, 0.29) is 11.4 Å². The summed E-state index contributed by atoms with van der Waals surface area (Å²) in [4.78, 5) is 10.7. The molecular formula is C14H17N5O3S. The first-order valence-electron chi connectivity index (χ1n) is 7.18. The standard InChI is InChI=1S/C14H17N5O3S/c1-3-7-22-12-6-5-10(8-11(12)19(20)21)9-15-18-13(4-2)16-17-14(18)23/h5-6,8-9H,3-4,7H2,1-2H3,(H,17,23)/b15-9-. The molecule has 2 aromatic rings. The van der Waals surface area contributed by atoms with Gasteiger partial charge in [-0.2, -0.15) is 14.9 Å². The van der Waals surface area contributed by atoms with Crippen LogP contribution in [0.1, 0.15) is 31.7 Å². The molecule has 0 bridgehead atoms. The van der Waals surface area contributed by atoms with Crippen LogP contribution in [0.5, 0.6) is 5.75 Å². The minimum atomic E-state index is -0.469. The van der Waals surface area contributed by atoms with E-state index in [1.165, 1.54) is 17.0 Å². The molecule has 0 aliphatic rings. The SMILES string of the molecule is CCCOc1ccc(/C=N\n2c(CC)n[nH]c2=S)cc1[N+](=O)[O-]. The van der Waals surface area contributed by atoms with Gasteiger partial charge in [-0.15, -0.1) is 0 Å². The molecule has 8 nitrogen and oxygen atoms in total. The largest absolute Gasteiger partial charge is 0.487 e.